The van der Waals surface area contributed by atoms with Gasteiger partial charge in [-0.2, -0.15) is 0 Å². The van der Waals surface area contributed by atoms with Crippen LogP contribution in [-0.2, 0) is 17.6 Å². The molecular weight excluding hydrogens is 354 g/mol. The van der Waals surface area contributed by atoms with Gasteiger partial charge in [-0.1, -0.05) is 37.3 Å². The van der Waals surface area contributed by atoms with Crippen molar-refractivity contribution in [2.45, 2.75) is 19.8 Å². The second-order valence-electron chi connectivity index (χ2n) is 5.11. The fourth-order valence-electron chi connectivity index (χ4n) is 2.18. The maximum absolute atomic E-state index is 12.1. The standard InChI is InChI=1S/C19H20BrNO2/c1-3-7-15-8-5-6-9-18(15)23-13-19(22)21-17-11-10-14(4-2)12-16(17)20/h3,5-6,8-12H,1,4,7,13H2,2H3,(H,21,22). The number of para-hydroxylation sites is 1. The van der Waals surface area contributed by atoms with Gasteiger partial charge < -0.3 is 10.1 Å². The number of aryl methyl sites for hydroxylation is 1. The van der Waals surface area contributed by atoms with Crippen molar-refractivity contribution < 1.29 is 9.53 Å². The predicted molar refractivity (Wildman–Crippen MR) is 98.0 cm³/mol. The Labute approximate surface area is 145 Å². The Balaban J connectivity index is 1.97. The first kappa shape index (κ1) is 17.3. The molecule has 0 aliphatic carbocycles. The first-order valence-corrected chi connectivity index (χ1v) is 8.33. The molecule has 0 radical (unpaired) electrons. The monoisotopic (exact) mass is 373 g/mol. The topological polar surface area (TPSA) is 38.3 Å². The van der Waals surface area contributed by atoms with Crippen molar-refractivity contribution in [1.82, 2.24) is 0 Å². The van der Waals surface area contributed by atoms with Crippen LogP contribution in [0.25, 0.3) is 0 Å². The van der Waals surface area contributed by atoms with E-state index in [2.05, 4.69) is 34.7 Å². The van der Waals surface area contributed by atoms with Gasteiger partial charge in [0.25, 0.3) is 5.91 Å². The van der Waals surface area contributed by atoms with E-state index in [1.54, 1.807) is 0 Å². The van der Waals surface area contributed by atoms with Crippen LogP contribution < -0.4 is 10.1 Å². The minimum atomic E-state index is -0.191. The zero-order chi connectivity index (χ0) is 16.7. The van der Waals surface area contributed by atoms with E-state index in [-0.39, 0.29) is 12.5 Å². The van der Waals surface area contributed by atoms with E-state index in [1.165, 1.54) is 5.56 Å². The van der Waals surface area contributed by atoms with Crippen molar-refractivity contribution in [3.8, 4) is 5.75 Å². The minimum Gasteiger partial charge on any atom is -0.483 e. The summed E-state index contributed by atoms with van der Waals surface area (Å²) < 4.78 is 6.51. The molecule has 0 aliphatic heterocycles. The molecule has 1 N–H and O–H groups in total. The summed E-state index contributed by atoms with van der Waals surface area (Å²) in [5.41, 5.74) is 2.98. The molecule has 3 nitrogen and oxygen atoms in total. The van der Waals surface area contributed by atoms with E-state index in [1.807, 2.05) is 48.5 Å². The number of benzene rings is 2. The third-order valence-corrected chi connectivity index (χ3v) is 4.07. The lowest BCUT2D eigenvalue weighted by Gasteiger charge is -2.12. The van der Waals surface area contributed by atoms with Crippen LogP contribution >= 0.6 is 15.9 Å². The number of hydrogen-bond acceptors (Lipinski definition) is 2. The lowest BCUT2D eigenvalue weighted by atomic mass is 10.1. The van der Waals surface area contributed by atoms with E-state index in [0.29, 0.717) is 12.2 Å². The molecule has 0 aliphatic rings. The Morgan fingerprint density at radius 1 is 1.30 bits per heavy atom. The molecule has 120 valence electrons. The second kappa shape index (κ2) is 8.53. The number of carbonyl (C=O) groups excluding carboxylic acids is 1. The normalized spacial score (nSPS) is 10.2. The third-order valence-electron chi connectivity index (χ3n) is 3.41. The van der Waals surface area contributed by atoms with Crippen LogP contribution in [0, 0.1) is 0 Å². The Morgan fingerprint density at radius 3 is 2.78 bits per heavy atom. The van der Waals surface area contributed by atoms with Crippen molar-refractivity contribution in [2.75, 3.05) is 11.9 Å². The highest BCUT2D eigenvalue weighted by Gasteiger charge is 2.08. The van der Waals surface area contributed by atoms with Crippen molar-refractivity contribution in [3.05, 3.63) is 70.7 Å². The van der Waals surface area contributed by atoms with Gasteiger partial charge in [0.05, 0.1) is 5.69 Å². The smallest absolute Gasteiger partial charge is 0.262 e. The van der Waals surface area contributed by atoms with Crippen molar-refractivity contribution in [3.63, 3.8) is 0 Å². The van der Waals surface area contributed by atoms with Crippen LogP contribution in [0.5, 0.6) is 5.75 Å². The van der Waals surface area contributed by atoms with Crippen LogP contribution in [0.1, 0.15) is 18.1 Å². The summed E-state index contributed by atoms with van der Waals surface area (Å²) in [5.74, 6) is 0.520. The molecular formula is C19H20BrNO2. The first-order valence-electron chi connectivity index (χ1n) is 7.54. The summed E-state index contributed by atoms with van der Waals surface area (Å²) in [6, 6.07) is 13.6. The van der Waals surface area contributed by atoms with Crippen LogP contribution in [0.4, 0.5) is 5.69 Å². The Hall–Kier alpha value is -2.07. The van der Waals surface area contributed by atoms with Crippen molar-refractivity contribution in [1.29, 1.82) is 0 Å². The van der Waals surface area contributed by atoms with Crippen molar-refractivity contribution >= 4 is 27.5 Å². The summed E-state index contributed by atoms with van der Waals surface area (Å²) in [6.45, 7) is 5.79. The fraction of sp³-hybridized carbons (Fsp3) is 0.211. The van der Waals surface area contributed by atoms with Gasteiger partial charge in [0.15, 0.2) is 6.61 Å². The van der Waals surface area contributed by atoms with Gasteiger partial charge in [-0.05, 0) is 58.1 Å². The zero-order valence-corrected chi connectivity index (χ0v) is 14.7. The quantitative estimate of drug-likeness (QED) is 0.710. The van der Waals surface area contributed by atoms with E-state index < -0.39 is 0 Å². The minimum absolute atomic E-state index is 0.0316. The summed E-state index contributed by atoms with van der Waals surface area (Å²) >= 11 is 3.48. The average Bonchev–Trinajstić information content (AvgIpc) is 2.56. The molecule has 1 amide bonds. The largest absolute Gasteiger partial charge is 0.483 e. The third kappa shape index (κ3) is 4.96. The van der Waals surface area contributed by atoms with Gasteiger partial charge in [-0.3, -0.25) is 4.79 Å². The molecule has 0 atom stereocenters. The molecule has 4 heteroatoms. The molecule has 0 saturated heterocycles. The van der Waals surface area contributed by atoms with Crippen LogP contribution in [0.3, 0.4) is 0 Å². The molecule has 0 spiro atoms. The highest BCUT2D eigenvalue weighted by Crippen LogP contribution is 2.24. The van der Waals surface area contributed by atoms with Crippen LogP contribution in [-0.4, -0.2) is 12.5 Å². The highest BCUT2D eigenvalue weighted by molar-refractivity contribution is 9.10. The molecule has 0 heterocycles. The van der Waals surface area contributed by atoms with E-state index in [4.69, 9.17) is 4.74 Å². The van der Waals surface area contributed by atoms with Crippen LogP contribution in [0.2, 0.25) is 0 Å². The lowest BCUT2D eigenvalue weighted by Crippen LogP contribution is -2.20. The predicted octanol–water partition coefficient (Wildman–Crippen LogP) is 4.76. The number of amides is 1. The maximum atomic E-state index is 12.1. The average molecular weight is 374 g/mol. The van der Waals surface area contributed by atoms with E-state index >= 15 is 0 Å². The second-order valence-corrected chi connectivity index (χ2v) is 5.96. The van der Waals surface area contributed by atoms with E-state index in [0.717, 1.165) is 22.1 Å². The number of anilines is 1. The van der Waals surface area contributed by atoms with Gasteiger partial charge in [-0.15, -0.1) is 6.58 Å². The van der Waals surface area contributed by atoms with E-state index in [9.17, 15) is 4.79 Å². The number of ether oxygens (including phenoxy) is 1. The SMILES string of the molecule is C=CCc1ccccc1OCC(=O)Nc1ccc(CC)cc1Br. The Bertz CT molecular complexity index is 698. The number of nitrogens with one attached hydrogen (secondary N) is 1. The molecule has 2 aromatic rings. The van der Waals surface area contributed by atoms with Crippen molar-refractivity contribution in [2.24, 2.45) is 0 Å². The zero-order valence-electron chi connectivity index (χ0n) is 13.1. The summed E-state index contributed by atoms with van der Waals surface area (Å²) in [7, 11) is 0. The molecule has 2 rings (SSSR count). The first-order chi connectivity index (χ1) is 11.1. The van der Waals surface area contributed by atoms with Crippen LogP contribution in [0.15, 0.2) is 59.6 Å². The highest BCUT2D eigenvalue weighted by atomic mass is 79.9. The molecule has 23 heavy (non-hydrogen) atoms. The number of rotatable bonds is 7. The van der Waals surface area contributed by atoms with Gasteiger partial charge in [0, 0.05) is 4.47 Å². The summed E-state index contributed by atoms with van der Waals surface area (Å²) in [5, 5.41) is 2.85. The number of allylic oxidation sites excluding steroid dienone is 1. The molecule has 0 aromatic heterocycles. The molecule has 0 bridgehead atoms. The van der Waals surface area contributed by atoms with Gasteiger partial charge in [-0.25, -0.2) is 0 Å². The number of carbonyl (C=O) groups is 1. The number of halogens is 1. The summed E-state index contributed by atoms with van der Waals surface area (Å²) in [4.78, 5) is 12.1. The molecule has 0 unspecified atom stereocenters. The molecule has 0 fully saturated rings. The maximum Gasteiger partial charge on any atom is 0.262 e. The number of hydrogen-bond donors (Lipinski definition) is 1. The van der Waals surface area contributed by atoms with Gasteiger partial charge in [0.1, 0.15) is 5.75 Å². The Morgan fingerprint density at radius 2 is 2.09 bits per heavy atom. The molecule has 0 saturated carbocycles. The molecule has 2 aromatic carbocycles. The van der Waals surface area contributed by atoms with Gasteiger partial charge in [0.2, 0.25) is 0 Å². The lowest BCUT2D eigenvalue weighted by molar-refractivity contribution is -0.118. The fourth-order valence-corrected chi connectivity index (χ4v) is 2.70. The Kier molecular flexibility index (Phi) is 6.41. The van der Waals surface area contributed by atoms with Gasteiger partial charge >= 0.3 is 0 Å². The summed E-state index contributed by atoms with van der Waals surface area (Å²) in [6.07, 6.45) is 3.48.